The molecule has 0 spiro atoms. The van der Waals surface area contributed by atoms with Crippen molar-refractivity contribution in [1.82, 2.24) is 0 Å². The first-order valence-corrected chi connectivity index (χ1v) is 15.2. The summed E-state index contributed by atoms with van der Waals surface area (Å²) in [6.45, 7) is 14.5. The first kappa shape index (κ1) is 26.2. The molecule has 0 radical (unpaired) electrons. The number of aliphatic hydroxyl groups excluding tert-OH is 1. The molecule has 11 heteroatoms. The molecule has 0 saturated heterocycles. The van der Waals surface area contributed by atoms with Crippen molar-refractivity contribution >= 4 is 37.3 Å². The minimum atomic E-state index is -4.00. The van der Waals surface area contributed by atoms with Crippen LogP contribution in [0.15, 0.2) is 0 Å². The summed E-state index contributed by atoms with van der Waals surface area (Å²) in [5.74, 6) is -4.00. The first-order valence-electron chi connectivity index (χ1n) is 8.46. The fourth-order valence-electron chi connectivity index (χ4n) is 1.19. The molecule has 0 aromatic rings. The molecule has 0 aliphatic carbocycles. The first-order chi connectivity index (χ1) is 11.6. The summed E-state index contributed by atoms with van der Waals surface area (Å²) in [4.78, 5) is 21.1. The van der Waals surface area contributed by atoms with Crippen LogP contribution >= 0.6 is 15.9 Å². The van der Waals surface area contributed by atoms with Gasteiger partial charge in [0, 0.05) is 0 Å². The number of hydrogen-bond donors (Lipinski definition) is 1. The Bertz CT molecular complexity index is 463. The van der Waals surface area contributed by atoms with Crippen LogP contribution in [0.3, 0.4) is 0 Å². The number of rotatable bonds is 12. The Hall–Kier alpha value is 0.244. The number of carbonyl (C=O) groups excluding carboxylic acids is 1. The van der Waals surface area contributed by atoms with E-state index in [9.17, 15) is 18.7 Å². The quantitative estimate of drug-likeness (QED) is 0.193. The van der Waals surface area contributed by atoms with E-state index in [1.165, 1.54) is 0 Å². The van der Waals surface area contributed by atoms with Gasteiger partial charge in [-0.1, -0.05) is 27.7 Å². The topological polar surface area (TPSA) is 74.2 Å². The van der Waals surface area contributed by atoms with Crippen LogP contribution in [0.1, 0.15) is 27.7 Å². The maximum Gasteiger partial charge on any atom is 0.346 e. The van der Waals surface area contributed by atoms with Crippen LogP contribution in [0.25, 0.3) is 0 Å². The lowest BCUT2D eigenvalue weighted by molar-refractivity contribution is -0.331. The van der Waals surface area contributed by atoms with Crippen molar-refractivity contribution in [2.75, 3.05) is 6.61 Å². The molecular formula is C15H31BrF2O6Si2. The second-order valence-electron chi connectivity index (χ2n) is 7.95. The highest BCUT2D eigenvalue weighted by atomic mass is 79.9. The average molecular weight is 481 g/mol. The molecule has 0 aromatic heterocycles. The van der Waals surface area contributed by atoms with Crippen LogP contribution in [0, 0.1) is 0 Å². The second-order valence-corrected chi connectivity index (χ2v) is 17.7. The van der Waals surface area contributed by atoms with E-state index in [2.05, 4.69) is 15.9 Å². The predicted octanol–water partition coefficient (Wildman–Crippen LogP) is 4.40. The molecule has 0 bridgehead atoms. The largest absolute Gasteiger partial charge is 0.387 e. The van der Waals surface area contributed by atoms with E-state index < -0.39 is 46.1 Å². The number of carbonyl (C=O) groups is 1. The van der Waals surface area contributed by atoms with Crippen molar-refractivity contribution in [2.24, 2.45) is 0 Å². The number of hydrogen-bond acceptors (Lipinski definition) is 6. The highest BCUT2D eigenvalue weighted by Crippen LogP contribution is 2.31. The van der Waals surface area contributed by atoms with Gasteiger partial charge in [-0.25, -0.2) is 9.78 Å². The highest BCUT2D eigenvalue weighted by molar-refractivity contribution is 9.18. The molecule has 6 nitrogen and oxygen atoms in total. The van der Waals surface area contributed by atoms with Gasteiger partial charge in [0.15, 0.2) is 6.10 Å². The molecule has 0 aliphatic rings. The zero-order chi connectivity index (χ0) is 20.9. The van der Waals surface area contributed by atoms with E-state index >= 15 is 0 Å². The summed E-state index contributed by atoms with van der Waals surface area (Å²) < 4.78 is 37.3. The number of halogens is 3. The van der Waals surface area contributed by atoms with Crippen molar-refractivity contribution < 1.29 is 37.6 Å². The van der Waals surface area contributed by atoms with Crippen LogP contribution in [0.4, 0.5) is 8.78 Å². The van der Waals surface area contributed by atoms with Crippen molar-refractivity contribution in [3.63, 3.8) is 0 Å². The Balaban J connectivity index is 5.09. The van der Waals surface area contributed by atoms with Crippen molar-refractivity contribution in [3.05, 3.63) is 0 Å². The fourth-order valence-corrected chi connectivity index (χ4v) is 2.52. The van der Waals surface area contributed by atoms with Crippen molar-refractivity contribution in [1.29, 1.82) is 0 Å². The van der Waals surface area contributed by atoms with Gasteiger partial charge in [0.2, 0.25) is 16.6 Å². The third-order valence-corrected chi connectivity index (χ3v) is 11.8. The van der Waals surface area contributed by atoms with E-state index in [-0.39, 0.29) is 11.1 Å². The third kappa shape index (κ3) is 7.70. The lowest BCUT2D eigenvalue weighted by Gasteiger charge is -2.32. The predicted molar refractivity (Wildman–Crippen MR) is 103 cm³/mol. The Morgan fingerprint density at radius 1 is 1.04 bits per heavy atom. The molecule has 1 N–H and O–H groups in total. The van der Waals surface area contributed by atoms with Gasteiger partial charge in [-0.05, 0) is 53.2 Å². The Morgan fingerprint density at radius 3 is 1.85 bits per heavy atom. The van der Waals surface area contributed by atoms with Gasteiger partial charge < -0.3 is 5.11 Å². The molecule has 0 aromatic carbocycles. The second kappa shape index (κ2) is 10.1. The van der Waals surface area contributed by atoms with Gasteiger partial charge in [0.25, 0.3) is 4.69 Å². The average Bonchev–Trinajstić information content (AvgIpc) is 2.46. The summed E-state index contributed by atoms with van der Waals surface area (Å²) in [6, 6.07) is 0. The van der Waals surface area contributed by atoms with Gasteiger partial charge in [-0.15, -0.1) is 0 Å². The van der Waals surface area contributed by atoms with Gasteiger partial charge in [-0.3, -0.25) is 13.9 Å². The summed E-state index contributed by atoms with van der Waals surface area (Å²) in [5, 5.41) is 10.1. The van der Waals surface area contributed by atoms with Crippen LogP contribution in [0.5, 0.6) is 0 Å². The van der Waals surface area contributed by atoms with Gasteiger partial charge in [-0.2, -0.15) is 8.78 Å². The van der Waals surface area contributed by atoms with Crippen LogP contribution in [-0.2, 0) is 23.7 Å². The van der Waals surface area contributed by atoms with E-state index in [1.807, 2.05) is 40.8 Å². The molecule has 156 valence electrons. The van der Waals surface area contributed by atoms with Gasteiger partial charge >= 0.3 is 5.92 Å². The molecule has 0 saturated carbocycles. The number of alkyl halides is 2. The van der Waals surface area contributed by atoms with E-state index in [0.717, 1.165) is 0 Å². The normalized spacial score (nSPS) is 16.2. The van der Waals surface area contributed by atoms with Crippen molar-refractivity contribution in [3.8, 4) is 0 Å². The molecule has 0 amide bonds. The summed E-state index contributed by atoms with van der Waals surface area (Å²) in [5.41, 5.74) is 0.296. The van der Waals surface area contributed by atoms with Crippen molar-refractivity contribution in [2.45, 2.75) is 83.1 Å². The molecule has 0 unspecified atom stereocenters. The summed E-state index contributed by atoms with van der Waals surface area (Å²) in [6.07, 6.45) is -4.06. The highest BCUT2D eigenvalue weighted by Gasteiger charge is 2.52. The van der Waals surface area contributed by atoms with Crippen LogP contribution < -0.4 is 0 Å². The summed E-state index contributed by atoms with van der Waals surface area (Å²) in [7, 11) is -4.61. The SMILES string of the molecule is CC(C)[Si](C)(C)OOC[C@H](O)[C@@H](OO[Si](C)(C)C(C)C)C(F)(F)C(=O)Br. The van der Waals surface area contributed by atoms with Gasteiger partial charge in [0.05, 0.1) is 0 Å². The maximum absolute atomic E-state index is 14.2. The summed E-state index contributed by atoms with van der Waals surface area (Å²) >= 11 is 2.24. The van der Waals surface area contributed by atoms with E-state index in [1.54, 1.807) is 13.1 Å². The molecular weight excluding hydrogens is 450 g/mol. The Morgan fingerprint density at radius 2 is 1.46 bits per heavy atom. The van der Waals surface area contributed by atoms with Crippen LogP contribution in [0.2, 0.25) is 37.3 Å². The molecule has 0 rings (SSSR count). The third-order valence-electron chi connectivity index (χ3n) is 4.63. The Kier molecular flexibility index (Phi) is 10.2. The molecule has 0 aliphatic heterocycles. The lowest BCUT2D eigenvalue weighted by atomic mass is 10.1. The standard InChI is InChI=1S/C15H31BrF2O6Si2/c1-10(2)25(5,6)23-21-9-12(19)13(15(17,18)14(16)20)22-24-26(7,8)11(3)4/h10-13,19H,9H2,1-8H3/t12-,13+/m0/s1. The molecule has 0 fully saturated rings. The minimum absolute atomic E-state index is 0.0750. The van der Waals surface area contributed by atoms with Crippen LogP contribution in [-0.4, -0.2) is 51.2 Å². The molecule has 0 heterocycles. The maximum atomic E-state index is 14.2. The zero-order valence-electron chi connectivity index (χ0n) is 16.6. The minimum Gasteiger partial charge on any atom is -0.387 e. The zero-order valence-corrected chi connectivity index (χ0v) is 20.2. The smallest absolute Gasteiger partial charge is 0.346 e. The molecule has 26 heavy (non-hydrogen) atoms. The fraction of sp³-hybridized carbons (Fsp3) is 0.933. The lowest BCUT2D eigenvalue weighted by Crippen LogP contribution is -2.52. The number of aliphatic hydroxyl groups is 1. The van der Waals surface area contributed by atoms with E-state index in [0.29, 0.717) is 0 Å². The van der Waals surface area contributed by atoms with E-state index in [4.69, 9.17) is 18.9 Å². The Labute approximate surface area is 164 Å². The van der Waals surface area contributed by atoms with Gasteiger partial charge in [0.1, 0.15) is 12.7 Å². The monoisotopic (exact) mass is 480 g/mol. The molecule has 2 atom stereocenters.